The summed E-state index contributed by atoms with van der Waals surface area (Å²) in [4.78, 5) is 26.4. The van der Waals surface area contributed by atoms with E-state index in [1.807, 2.05) is 0 Å². The lowest BCUT2D eigenvalue weighted by atomic mass is 9.72. The van der Waals surface area contributed by atoms with Crippen LogP contribution >= 0.6 is 0 Å². The number of amides is 1. The molecule has 8 heteroatoms. The van der Waals surface area contributed by atoms with Gasteiger partial charge in [0.1, 0.15) is 0 Å². The number of rotatable bonds is 5. The normalized spacial score (nSPS) is 21.9. The predicted octanol–water partition coefficient (Wildman–Crippen LogP) is -0.218. The Balaban J connectivity index is 1.81. The number of pyridine rings is 1. The monoisotopic (exact) mass is 292 g/mol. The predicted molar refractivity (Wildman–Crippen MR) is 74.2 cm³/mol. The lowest BCUT2D eigenvalue weighted by Gasteiger charge is -2.30. The first-order chi connectivity index (χ1) is 10.0. The lowest BCUT2D eigenvalue weighted by Crippen LogP contribution is -2.53. The summed E-state index contributed by atoms with van der Waals surface area (Å²) in [7, 11) is -1.18. The number of carbonyl (C=O) groups excluding carboxylic acids is 1. The van der Waals surface area contributed by atoms with Crippen molar-refractivity contribution in [2.24, 2.45) is 0 Å². The number of carboxylic acids is 1. The highest BCUT2D eigenvalue weighted by molar-refractivity contribution is 6.45. The van der Waals surface area contributed by atoms with E-state index in [-0.39, 0.29) is 18.7 Å². The van der Waals surface area contributed by atoms with Crippen LogP contribution in [0.15, 0.2) is 24.5 Å². The molecule has 3 N–H and O–H groups in total. The van der Waals surface area contributed by atoms with E-state index in [2.05, 4.69) is 10.3 Å². The second-order valence-electron chi connectivity index (χ2n) is 5.04. The molecule has 0 bridgehead atoms. The Kier molecular flexibility index (Phi) is 5.29. The van der Waals surface area contributed by atoms with E-state index in [9.17, 15) is 14.6 Å². The van der Waals surface area contributed by atoms with Crippen molar-refractivity contribution < 1.29 is 24.4 Å². The third kappa shape index (κ3) is 4.84. The second-order valence-corrected chi connectivity index (χ2v) is 5.04. The van der Waals surface area contributed by atoms with Crippen LogP contribution in [0.5, 0.6) is 0 Å². The minimum atomic E-state index is -1.18. The average molecular weight is 292 g/mol. The molecular weight excluding hydrogens is 275 g/mol. The van der Waals surface area contributed by atoms with Crippen molar-refractivity contribution in [2.75, 3.05) is 0 Å². The molecule has 1 saturated heterocycles. The number of nitrogens with one attached hydrogen (secondary N) is 1. The molecule has 2 rings (SSSR count). The van der Waals surface area contributed by atoms with E-state index >= 15 is 0 Å². The van der Waals surface area contributed by atoms with Gasteiger partial charge < -0.3 is 20.1 Å². The Labute approximate surface area is 122 Å². The molecule has 1 aliphatic heterocycles. The molecule has 1 aromatic rings. The first-order valence-corrected chi connectivity index (χ1v) is 6.78. The SMILES string of the molecule is O=C(O)CC1CCC(NC(=O)Cc2cccnc2)B(O)O1. The van der Waals surface area contributed by atoms with E-state index in [0.29, 0.717) is 12.8 Å². The van der Waals surface area contributed by atoms with E-state index in [1.165, 1.54) is 0 Å². The van der Waals surface area contributed by atoms with Gasteiger partial charge in [-0.05, 0) is 24.5 Å². The molecule has 1 aliphatic rings. The van der Waals surface area contributed by atoms with Crippen molar-refractivity contribution in [2.45, 2.75) is 37.7 Å². The Bertz CT molecular complexity index is 499. The maximum Gasteiger partial charge on any atom is 0.478 e. The van der Waals surface area contributed by atoms with Crippen LogP contribution in [-0.4, -0.2) is 46.2 Å². The van der Waals surface area contributed by atoms with Crippen molar-refractivity contribution in [3.05, 3.63) is 30.1 Å². The van der Waals surface area contributed by atoms with Gasteiger partial charge in [-0.25, -0.2) is 0 Å². The smallest absolute Gasteiger partial charge is 0.478 e. The van der Waals surface area contributed by atoms with Crippen LogP contribution in [0.25, 0.3) is 0 Å². The van der Waals surface area contributed by atoms with Gasteiger partial charge in [-0.15, -0.1) is 0 Å². The first kappa shape index (κ1) is 15.5. The number of nitrogens with zero attached hydrogens (tertiary/aromatic N) is 1. The topological polar surface area (TPSA) is 109 Å². The van der Waals surface area contributed by atoms with Crippen molar-refractivity contribution in [3.8, 4) is 0 Å². The fourth-order valence-corrected chi connectivity index (χ4v) is 2.30. The first-order valence-electron chi connectivity index (χ1n) is 6.78. The zero-order valence-corrected chi connectivity index (χ0v) is 11.4. The Hall–Kier alpha value is -1.93. The fraction of sp³-hybridized carbons (Fsp3) is 0.462. The molecule has 0 aliphatic carbocycles. The average Bonchev–Trinajstić information content (AvgIpc) is 2.42. The third-order valence-corrected chi connectivity index (χ3v) is 3.31. The molecule has 0 spiro atoms. The summed E-state index contributed by atoms with van der Waals surface area (Å²) in [6.45, 7) is 0. The number of aromatic nitrogens is 1. The highest BCUT2D eigenvalue weighted by Crippen LogP contribution is 2.18. The van der Waals surface area contributed by atoms with Crippen molar-refractivity contribution in [3.63, 3.8) is 0 Å². The van der Waals surface area contributed by atoms with Crippen molar-refractivity contribution in [1.82, 2.24) is 10.3 Å². The molecule has 1 fully saturated rings. The van der Waals surface area contributed by atoms with E-state index < -0.39 is 25.1 Å². The molecule has 2 atom stereocenters. The zero-order chi connectivity index (χ0) is 15.2. The number of hydrogen-bond donors (Lipinski definition) is 3. The van der Waals surface area contributed by atoms with Crippen LogP contribution in [0.1, 0.15) is 24.8 Å². The van der Waals surface area contributed by atoms with Crippen molar-refractivity contribution >= 4 is 19.0 Å². The lowest BCUT2D eigenvalue weighted by molar-refractivity contribution is -0.139. The minimum absolute atomic E-state index is 0.145. The number of hydrogen-bond acceptors (Lipinski definition) is 5. The highest BCUT2D eigenvalue weighted by Gasteiger charge is 2.36. The molecule has 1 amide bonds. The van der Waals surface area contributed by atoms with Gasteiger partial charge in [-0.3, -0.25) is 14.6 Å². The van der Waals surface area contributed by atoms with Gasteiger partial charge in [-0.2, -0.15) is 0 Å². The van der Waals surface area contributed by atoms with Gasteiger partial charge in [0.15, 0.2) is 0 Å². The van der Waals surface area contributed by atoms with Crippen LogP contribution < -0.4 is 5.32 Å². The fourth-order valence-electron chi connectivity index (χ4n) is 2.30. The summed E-state index contributed by atoms with van der Waals surface area (Å²) in [5, 5.41) is 21.2. The maximum atomic E-state index is 11.9. The minimum Gasteiger partial charge on any atom is -0.481 e. The van der Waals surface area contributed by atoms with Crippen LogP contribution in [0.4, 0.5) is 0 Å². The largest absolute Gasteiger partial charge is 0.481 e. The number of carbonyl (C=O) groups is 2. The standard InChI is InChI=1S/C13H17BN2O5/c17-12(6-9-2-1-5-15-8-9)16-11-4-3-10(7-13(18)19)21-14(11)20/h1-2,5,8,10-11,20H,3-4,6-7H2,(H,16,17)(H,18,19). The van der Waals surface area contributed by atoms with Gasteiger partial charge in [0.05, 0.1) is 24.9 Å². The number of aliphatic carboxylic acids is 1. The maximum absolute atomic E-state index is 11.9. The summed E-state index contributed by atoms with van der Waals surface area (Å²) in [5.41, 5.74) is 0.782. The molecule has 0 saturated carbocycles. The van der Waals surface area contributed by atoms with Crippen LogP contribution in [0, 0.1) is 0 Å². The van der Waals surface area contributed by atoms with E-state index in [0.717, 1.165) is 5.56 Å². The Morgan fingerprint density at radius 1 is 1.48 bits per heavy atom. The molecule has 2 heterocycles. The molecule has 21 heavy (non-hydrogen) atoms. The Morgan fingerprint density at radius 2 is 2.29 bits per heavy atom. The quantitative estimate of drug-likeness (QED) is 0.647. The summed E-state index contributed by atoms with van der Waals surface area (Å²) in [5.74, 6) is -1.71. The van der Waals surface area contributed by atoms with Gasteiger partial charge >= 0.3 is 13.1 Å². The molecule has 0 aromatic carbocycles. The molecule has 2 unspecified atom stereocenters. The molecule has 0 radical (unpaired) electrons. The summed E-state index contributed by atoms with van der Waals surface area (Å²) >= 11 is 0. The van der Waals surface area contributed by atoms with Gasteiger partial charge in [-0.1, -0.05) is 6.07 Å². The molecule has 7 nitrogen and oxygen atoms in total. The van der Waals surface area contributed by atoms with Crippen LogP contribution in [-0.2, 0) is 20.7 Å². The summed E-state index contributed by atoms with van der Waals surface area (Å²) in [6, 6.07) is 3.54. The zero-order valence-electron chi connectivity index (χ0n) is 11.4. The van der Waals surface area contributed by atoms with Gasteiger partial charge in [0.25, 0.3) is 0 Å². The van der Waals surface area contributed by atoms with Crippen LogP contribution in [0.3, 0.4) is 0 Å². The van der Waals surface area contributed by atoms with Gasteiger partial charge in [0.2, 0.25) is 5.91 Å². The molecular formula is C13H17BN2O5. The second kappa shape index (κ2) is 7.19. The summed E-state index contributed by atoms with van der Waals surface area (Å²) in [6.07, 6.45) is 3.73. The highest BCUT2D eigenvalue weighted by atomic mass is 16.5. The molecule has 1 aromatic heterocycles. The van der Waals surface area contributed by atoms with Gasteiger partial charge in [0, 0.05) is 12.4 Å². The van der Waals surface area contributed by atoms with E-state index in [4.69, 9.17) is 9.76 Å². The van der Waals surface area contributed by atoms with E-state index in [1.54, 1.807) is 24.5 Å². The van der Waals surface area contributed by atoms with Crippen molar-refractivity contribution in [1.29, 1.82) is 0 Å². The molecule has 112 valence electrons. The van der Waals surface area contributed by atoms with Crippen LogP contribution in [0.2, 0.25) is 0 Å². The Morgan fingerprint density at radius 3 is 2.90 bits per heavy atom. The number of carboxylic acid groups (broad SMARTS) is 1. The third-order valence-electron chi connectivity index (χ3n) is 3.31. The summed E-state index contributed by atoms with van der Waals surface area (Å²) < 4.78 is 5.21.